The van der Waals surface area contributed by atoms with Gasteiger partial charge in [0.05, 0.1) is 0 Å². The summed E-state index contributed by atoms with van der Waals surface area (Å²) in [7, 11) is 0. The summed E-state index contributed by atoms with van der Waals surface area (Å²) in [6.45, 7) is 2.12. The summed E-state index contributed by atoms with van der Waals surface area (Å²) in [6, 6.07) is 0.343. The molecular weight excluding hydrogens is 188 g/mol. The molecule has 2 nitrogen and oxygen atoms in total. The van der Waals surface area contributed by atoms with E-state index in [0.717, 1.165) is 17.9 Å². The van der Waals surface area contributed by atoms with Gasteiger partial charge in [-0.1, -0.05) is 6.92 Å². The summed E-state index contributed by atoms with van der Waals surface area (Å²) in [5.41, 5.74) is 5.77. The molecule has 0 aliphatic carbocycles. The maximum atomic E-state index is 5.77. The second kappa shape index (κ2) is 5.56. The SMILES string of the molecule is CCC(N)CSCc1nccs1. The highest BCUT2D eigenvalue weighted by molar-refractivity contribution is 7.98. The molecule has 0 aromatic carbocycles. The predicted octanol–water partition coefficient (Wildman–Crippen LogP) is 2.11. The number of thioether (sulfide) groups is 1. The molecule has 0 aliphatic heterocycles. The number of hydrogen-bond donors (Lipinski definition) is 1. The lowest BCUT2D eigenvalue weighted by Crippen LogP contribution is -2.21. The van der Waals surface area contributed by atoms with Crippen LogP contribution in [-0.2, 0) is 5.75 Å². The van der Waals surface area contributed by atoms with Crippen LogP contribution in [-0.4, -0.2) is 16.8 Å². The molecule has 12 heavy (non-hydrogen) atoms. The third-order valence-corrected chi connectivity index (χ3v) is 3.67. The molecule has 0 radical (unpaired) electrons. The lowest BCUT2D eigenvalue weighted by molar-refractivity contribution is 0.725. The standard InChI is InChI=1S/C8H14N2S2/c1-2-7(9)5-11-6-8-10-3-4-12-8/h3-4,7H,2,5-6,9H2,1H3. The van der Waals surface area contributed by atoms with Crippen molar-refractivity contribution in [1.29, 1.82) is 0 Å². The molecule has 4 heteroatoms. The molecule has 0 amide bonds. The van der Waals surface area contributed by atoms with Crippen LogP contribution in [0.15, 0.2) is 11.6 Å². The lowest BCUT2D eigenvalue weighted by atomic mass is 10.3. The fourth-order valence-corrected chi connectivity index (χ4v) is 2.57. The molecule has 2 N–H and O–H groups in total. The Labute approximate surface area is 81.6 Å². The third-order valence-electron chi connectivity index (χ3n) is 1.57. The van der Waals surface area contributed by atoms with Crippen molar-refractivity contribution < 1.29 is 0 Å². The molecule has 0 saturated heterocycles. The summed E-state index contributed by atoms with van der Waals surface area (Å²) in [5.74, 6) is 2.04. The summed E-state index contributed by atoms with van der Waals surface area (Å²) >= 11 is 3.58. The number of hydrogen-bond acceptors (Lipinski definition) is 4. The number of rotatable bonds is 5. The molecule has 1 rings (SSSR count). The van der Waals surface area contributed by atoms with Crippen molar-refractivity contribution in [2.75, 3.05) is 5.75 Å². The van der Waals surface area contributed by atoms with Gasteiger partial charge in [0.25, 0.3) is 0 Å². The number of nitrogens with two attached hydrogens (primary N) is 1. The first kappa shape index (κ1) is 10.0. The highest BCUT2D eigenvalue weighted by Crippen LogP contribution is 2.14. The zero-order chi connectivity index (χ0) is 8.81. The number of aromatic nitrogens is 1. The Bertz CT molecular complexity index is 199. The molecule has 1 atom stereocenters. The number of nitrogens with zero attached hydrogens (tertiary/aromatic N) is 1. The van der Waals surface area contributed by atoms with E-state index in [1.807, 2.05) is 23.3 Å². The second-order valence-corrected chi connectivity index (χ2v) is 4.62. The van der Waals surface area contributed by atoms with Crippen molar-refractivity contribution >= 4 is 23.1 Å². The second-order valence-electron chi connectivity index (χ2n) is 2.61. The van der Waals surface area contributed by atoms with Gasteiger partial charge in [-0.15, -0.1) is 11.3 Å². The highest BCUT2D eigenvalue weighted by Gasteiger charge is 2.00. The Morgan fingerprint density at radius 3 is 3.17 bits per heavy atom. The van der Waals surface area contributed by atoms with E-state index in [2.05, 4.69) is 11.9 Å². The van der Waals surface area contributed by atoms with Crippen molar-refractivity contribution in [2.24, 2.45) is 5.73 Å². The van der Waals surface area contributed by atoms with Crippen molar-refractivity contribution in [3.8, 4) is 0 Å². The van der Waals surface area contributed by atoms with E-state index in [4.69, 9.17) is 5.73 Å². The van der Waals surface area contributed by atoms with Crippen LogP contribution in [0.5, 0.6) is 0 Å². The highest BCUT2D eigenvalue weighted by atomic mass is 32.2. The molecule has 68 valence electrons. The van der Waals surface area contributed by atoms with Crippen molar-refractivity contribution in [3.05, 3.63) is 16.6 Å². The summed E-state index contributed by atoms with van der Waals surface area (Å²) in [4.78, 5) is 4.20. The molecule has 1 unspecified atom stereocenters. The molecular formula is C8H14N2S2. The van der Waals surface area contributed by atoms with Crippen LogP contribution in [0.1, 0.15) is 18.4 Å². The van der Waals surface area contributed by atoms with Gasteiger partial charge < -0.3 is 5.73 Å². The quantitative estimate of drug-likeness (QED) is 0.795. The predicted molar refractivity (Wildman–Crippen MR) is 56.5 cm³/mol. The van der Waals surface area contributed by atoms with Gasteiger partial charge in [-0.05, 0) is 6.42 Å². The van der Waals surface area contributed by atoms with Crippen LogP contribution >= 0.6 is 23.1 Å². The van der Waals surface area contributed by atoms with Crippen LogP contribution in [0.4, 0.5) is 0 Å². The minimum atomic E-state index is 0.343. The van der Waals surface area contributed by atoms with Gasteiger partial charge in [-0.2, -0.15) is 11.8 Å². The zero-order valence-corrected chi connectivity index (χ0v) is 8.83. The first-order chi connectivity index (χ1) is 5.83. The van der Waals surface area contributed by atoms with Gasteiger partial charge in [0.15, 0.2) is 0 Å². The molecule has 0 spiro atoms. The monoisotopic (exact) mass is 202 g/mol. The lowest BCUT2D eigenvalue weighted by Gasteiger charge is -2.05. The maximum Gasteiger partial charge on any atom is 0.102 e. The average Bonchev–Trinajstić information content (AvgIpc) is 2.57. The normalized spacial score (nSPS) is 13.2. The average molecular weight is 202 g/mol. The van der Waals surface area contributed by atoms with Crippen LogP contribution in [0.3, 0.4) is 0 Å². The van der Waals surface area contributed by atoms with Gasteiger partial charge >= 0.3 is 0 Å². The van der Waals surface area contributed by atoms with E-state index in [9.17, 15) is 0 Å². The zero-order valence-electron chi connectivity index (χ0n) is 7.19. The first-order valence-electron chi connectivity index (χ1n) is 4.04. The van der Waals surface area contributed by atoms with E-state index in [0.29, 0.717) is 6.04 Å². The minimum Gasteiger partial charge on any atom is -0.327 e. The smallest absolute Gasteiger partial charge is 0.102 e. The molecule has 0 fully saturated rings. The summed E-state index contributed by atoms with van der Waals surface area (Å²) in [5, 5.41) is 3.21. The Kier molecular flexibility index (Phi) is 4.65. The van der Waals surface area contributed by atoms with Crippen LogP contribution in [0, 0.1) is 0 Å². The van der Waals surface area contributed by atoms with E-state index >= 15 is 0 Å². The fraction of sp³-hybridized carbons (Fsp3) is 0.625. The third kappa shape index (κ3) is 3.56. The van der Waals surface area contributed by atoms with Crippen molar-refractivity contribution in [3.63, 3.8) is 0 Å². The van der Waals surface area contributed by atoms with Crippen LogP contribution in [0.2, 0.25) is 0 Å². The Morgan fingerprint density at radius 1 is 1.75 bits per heavy atom. The van der Waals surface area contributed by atoms with E-state index in [1.54, 1.807) is 11.3 Å². The van der Waals surface area contributed by atoms with E-state index < -0.39 is 0 Å². The first-order valence-corrected chi connectivity index (χ1v) is 6.08. The van der Waals surface area contributed by atoms with Gasteiger partial charge in [-0.25, -0.2) is 4.98 Å². The Balaban J connectivity index is 2.11. The van der Waals surface area contributed by atoms with Gasteiger partial charge in [0.1, 0.15) is 5.01 Å². The van der Waals surface area contributed by atoms with Crippen molar-refractivity contribution in [1.82, 2.24) is 4.98 Å². The van der Waals surface area contributed by atoms with Crippen LogP contribution < -0.4 is 5.73 Å². The molecule has 1 heterocycles. The molecule has 1 aromatic heterocycles. The van der Waals surface area contributed by atoms with Gasteiger partial charge in [0.2, 0.25) is 0 Å². The Hall–Kier alpha value is -0.0600. The van der Waals surface area contributed by atoms with E-state index in [1.165, 1.54) is 5.01 Å². The molecule has 0 aliphatic rings. The van der Waals surface area contributed by atoms with E-state index in [-0.39, 0.29) is 0 Å². The van der Waals surface area contributed by atoms with Gasteiger partial charge in [-0.3, -0.25) is 0 Å². The number of thiazole rings is 1. The van der Waals surface area contributed by atoms with Gasteiger partial charge in [0, 0.05) is 29.1 Å². The van der Waals surface area contributed by atoms with Crippen LogP contribution in [0.25, 0.3) is 0 Å². The largest absolute Gasteiger partial charge is 0.327 e. The summed E-state index contributed by atoms with van der Waals surface area (Å²) < 4.78 is 0. The molecule has 0 saturated carbocycles. The topological polar surface area (TPSA) is 38.9 Å². The summed E-state index contributed by atoms with van der Waals surface area (Å²) in [6.07, 6.45) is 2.91. The fourth-order valence-electron chi connectivity index (χ4n) is 0.740. The minimum absolute atomic E-state index is 0.343. The maximum absolute atomic E-state index is 5.77. The Morgan fingerprint density at radius 2 is 2.58 bits per heavy atom. The molecule has 1 aromatic rings. The molecule has 0 bridgehead atoms. The van der Waals surface area contributed by atoms with Crippen molar-refractivity contribution in [2.45, 2.75) is 25.1 Å².